The molecular formula is C46H56Si. The van der Waals surface area contributed by atoms with E-state index in [0.29, 0.717) is 11.1 Å². The lowest BCUT2D eigenvalue weighted by atomic mass is 9.95. The molecule has 47 heavy (non-hydrogen) atoms. The number of hydrogen-bond acceptors (Lipinski definition) is 0. The lowest BCUT2D eigenvalue weighted by molar-refractivity contribution is 0.750. The van der Waals surface area contributed by atoms with E-state index in [4.69, 9.17) is 0 Å². The standard InChI is InChI=1S/C46H56Si/c1-7-11-17-37-31-43-39(35-27-23-33(15-9-3)24-28-35)19-13-21-41(43)45(37)47(5,6)46-38(18-12-8-2)32-44-40(20-14-22-42(44)46)36-29-25-34(16-10-4)26-30-36/h13-14,19-32,45-46H,7-12,15-18H2,1-6H3. The van der Waals surface area contributed by atoms with Crippen LogP contribution in [-0.4, -0.2) is 8.07 Å². The molecule has 0 bridgehead atoms. The highest BCUT2D eigenvalue weighted by Crippen LogP contribution is 2.56. The van der Waals surface area contributed by atoms with Crippen molar-refractivity contribution in [3.8, 4) is 22.3 Å². The first-order chi connectivity index (χ1) is 22.9. The highest BCUT2D eigenvalue weighted by Gasteiger charge is 2.48. The summed E-state index contributed by atoms with van der Waals surface area (Å²) in [6.07, 6.45) is 17.4. The van der Waals surface area contributed by atoms with Gasteiger partial charge in [-0.1, -0.05) is 175 Å². The second-order valence-corrected chi connectivity index (χ2v) is 19.6. The first-order valence-corrected chi connectivity index (χ1v) is 21.9. The first kappa shape index (κ1) is 33.5. The van der Waals surface area contributed by atoms with Crippen LogP contribution in [0.2, 0.25) is 13.1 Å². The van der Waals surface area contributed by atoms with Gasteiger partial charge in [0.1, 0.15) is 0 Å². The highest BCUT2D eigenvalue weighted by molar-refractivity contribution is 6.81. The molecule has 0 heterocycles. The summed E-state index contributed by atoms with van der Waals surface area (Å²) in [6.45, 7) is 14.7. The molecule has 2 atom stereocenters. The monoisotopic (exact) mass is 636 g/mol. The number of allylic oxidation sites excluding steroid dienone is 2. The molecule has 0 nitrogen and oxygen atoms in total. The number of rotatable bonds is 14. The molecule has 2 aliphatic rings. The van der Waals surface area contributed by atoms with E-state index in [1.807, 2.05) is 0 Å². The van der Waals surface area contributed by atoms with Crippen molar-refractivity contribution in [2.45, 2.75) is 116 Å². The Morgan fingerprint density at radius 1 is 0.468 bits per heavy atom. The zero-order valence-corrected chi connectivity index (χ0v) is 31.0. The van der Waals surface area contributed by atoms with Crippen LogP contribution in [0.5, 0.6) is 0 Å². The third-order valence-corrected chi connectivity index (χ3v) is 15.4. The molecule has 0 N–H and O–H groups in total. The molecular weight excluding hydrogens is 581 g/mol. The van der Waals surface area contributed by atoms with Crippen molar-refractivity contribution < 1.29 is 0 Å². The molecule has 2 unspecified atom stereocenters. The van der Waals surface area contributed by atoms with Gasteiger partial charge in [0.05, 0.1) is 8.07 Å². The second kappa shape index (κ2) is 14.8. The molecule has 0 aliphatic heterocycles. The average Bonchev–Trinajstić information content (AvgIpc) is 3.67. The Morgan fingerprint density at radius 3 is 1.23 bits per heavy atom. The average molecular weight is 637 g/mol. The largest absolute Gasteiger partial charge is 0.0722 e. The van der Waals surface area contributed by atoms with Crippen LogP contribution in [0.1, 0.15) is 124 Å². The molecule has 0 radical (unpaired) electrons. The van der Waals surface area contributed by atoms with Gasteiger partial charge in [0.15, 0.2) is 0 Å². The van der Waals surface area contributed by atoms with Gasteiger partial charge in [-0.2, -0.15) is 0 Å². The van der Waals surface area contributed by atoms with E-state index in [1.54, 1.807) is 22.3 Å². The quantitative estimate of drug-likeness (QED) is 0.121. The van der Waals surface area contributed by atoms with Gasteiger partial charge in [-0.05, 0) is 94.2 Å². The molecule has 0 aromatic heterocycles. The lowest BCUT2D eigenvalue weighted by Gasteiger charge is -2.40. The summed E-state index contributed by atoms with van der Waals surface area (Å²) < 4.78 is 0. The van der Waals surface area contributed by atoms with Gasteiger partial charge in [0.2, 0.25) is 0 Å². The summed E-state index contributed by atoms with van der Waals surface area (Å²) in [7, 11) is -1.99. The second-order valence-electron chi connectivity index (χ2n) is 14.8. The maximum Gasteiger partial charge on any atom is 0.0722 e. The van der Waals surface area contributed by atoms with Crippen molar-refractivity contribution in [3.63, 3.8) is 0 Å². The van der Waals surface area contributed by atoms with Crippen LogP contribution in [0, 0.1) is 0 Å². The minimum Gasteiger partial charge on any atom is -0.0679 e. The Hall–Kier alpha value is -3.42. The van der Waals surface area contributed by atoms with Crippen molar-refractivity contribution >= 4 is 20.2 Å². The van der Waals surface area contributed by atoms with Crippen LogP contribution in [0.3, 0.4) is 0 Å². The summed E-state index contributed by atoms with van der Waals surface area (Å²) in [4.78, 5) is 0. The predicted octanol–water partition coefficient (Wildman–Crippen LogP) is 13.8. The van der Waals surface area contributed by atoms with E-state index in [-0.39, 0.29) is 0 Å². The molecule has 1 heteroatoms. The molecule has 0 saturated carbocycles. The van der Waals surface area contributed by atoms with Gasteiger partial charge in [-0.3, -0.25) is 0 Å². The zero-order valence-electron chi connectivity index (χ0n) is 30.0. The Balaban J connectivity index is 1.44. The van der Waals surface area contributed by atoms with Gasteiger partial charge in [-0.25, -0.2) is 0 Å². The van der Waals surface area contributed by atoms with Crippen LogP contribution in [0.25, 0.3) is 34.4 Å². The first-order valence-electron chi connectivity index (χ1n) is 18.8. The fourth-order valence-electron chi connectivity index (χ4n) is 8.83. The van der Waals surface area contributed by atoms with Gasteiger partial charge in [0.25, 0.3) is 0 Å². The smallest absolute Gasteiger partial charge is 0.0679 e. The molecule has 2 aliphatic carbocycles. The third-order valence-electron chi connectivity index (χ3n) is 11.0. The van der Waals surface area contributed by atoms with Gasteiger partial charge in [-0.15, -0.1) is 0 Å². The Labute approximate surface area is 287 Å². The molecule has 6 rings (SSSR count). The number of unbranched alkanes of at least 4 members (excludes halogenated alkanes) is 2. The lowest BCUT2D eigenvalue weighted by Crippen LogP contribution is -2.43. The van der Waals surface area contributed by atoms with Crippen molar-refractivity contribution in [1.29, 1.82) is 0 Å². The molecule has 4 aromatic rings. The molecule has 0 fully saturated rings. The fourth-order valence-corrected chi connectivity index (χ4v) is 13.6. The molecule has 244 valence electrons. The van der Waals surface area contributed by atoms with Gasteiger partial charge >= 0.3 is 0 Å². The summed E-state index contributed by atoms with van der Waals surface area (Å²) in [6, 6.07) is 33.3. The molecule has 0 amide bonds. The normalized spacial score (nSPS) is 17.0. The maximum absolute atomic E-state index is 2.73. The van der Waals surface area contributed by atoms with Gasteiger partial charge in [0, 0.05) is 11.1 Å². The minimum atomic E-state index is -1.99. The SMILES string of the molecule is CCCCC1=Cc2c(-c3ccc(CCC)cc3)cccc2C1[Si](C)(C)C1C(CCCC)=Cc2c(-c3ccc(CCC)cc3)cccc21. The van der Waals surface area contributed by atoms with E-state index in [1.165, 1.54) is 95.9 Å². The predicted molar refractivity (Wildman–Crippen MR) is 210 cm³/mol. The number of benzene rings is 4. The Bertz CT molecular complexity index is 1600. The van der Waals surface area contributed by atoms with Crippen molar-refractivity contribution in [1.82, 2.24) is 0 Å². The van der Waals surface area contributed by atoms with Crippen molar-refractivity contribution in [2.75, 3.05) is 0 Å². The van der Waals surface area contributed by atoms with Crippen LogP contribution in [0.4, 0.5) is 0 Å². The Morgan fingerprint density at radius 2 is 0.872 bits per heavy atom. The molecule has 0 saturated heterocycles. The summed E-state index contributed by atoms with van der Waals surface area (Å²) in [5, 5.41) is 0. The van der Waals surface area contributed by atoms with Crippen LogP contribution in [0.15, 0.2) is 96.1 Å². The van der Waals surface area contributed by atoms with E-state index in [9.17, 15) is 0 Å². The van der Waals surface area contributed by atoms with Crippen LogP contribution >= 0.6 is 0 Å². The van der Waals surface area contributed by atoms with E-state index in [2.05, 4.69) is 138 Å². The zero-order chi connectivity index (χ0) is 33.0. The maximum atomic E-state index is 2.73. The van der Waals surface area contributed by atoms with Crippen LogP contribution in [-0.2, 0) is 12.8 Å². The molecule has 4 aromatic carbocycles. The number of hydrogen-bond donors (Lipinski definition) is 0. The number of fused-ring (bicyclic) bond motifs is 2. The Kier molecular flexibility index (Phi) is 10.5. The van der Waals surface area contributed by atoms with Crippen molar-refractivity contribution in [2.24, 2.45) is 0 Å². The van der Waals surface area contributed by atoms with E-state index < -0.39 is 8.07 Å². The molecule has 0 spiro atoms. The highest BCUT2D eigenvalue weighted by atomic mass is 28.3. The topological polar surface area (TPSA) is 0 Å². The number of aryl methyl sites for hydroxylation is 2. The van der Waals surface area contributed by atoms with Crippen molar-refractivity contribution in [3.05, 3.63) is 129 Å². The van der Waals surface area contributed by atoms with Crippen LogP contribution < -0.4 is 0 Å². The third kappa shape index (κ3) is 6.66. The van der Waals surface area contributed by atoms with E-state index >= 15 is 0 Å². The fraction of sp³-hybridized carbons (Fsp3) is 0.391. The minimum absolute atomic E-state index is 0.529. The summed E-state index contributed by atoms with van der Waals surface area (Å²) >= 11 is 0. The summed E-state index contributed by atoms with van der Waals surface area (Å²) in [5.41, 5.74) is 19.0. The summed E-state index contributed by atoms with van der Waals surface area (Å²) in [5.74, 6) is 0. The van der Waals surface area contributed by atoms with E-state index in [0.717, 1.165) is 12.8 Å². The van der Waals surface area contributed by atoms with Gasteiger partial charge < -0.3 is 0 Å².